The van der Waals surface area contributed by atoms with Crippen LogP contribution in [0, 0.1) is 50.7 Å². The fourth-order valence-corrected chi connectivity index (χ4v) is 12.8. The standard InChI is InChI=1S/C32H52O8/c1-16-12-17(13-33)39-25-22(16)29(4)10-11-32-15-31(32)9-8-21(40-27-24(36)23(35)18(34)14-38-27)28(2,3)19(31)6-7-20(32)30(29,5)26(25)37/h16-27,33-37H,6-15H2,1-5H3/t16-,17+,18-,19+,20?,21+,22+,23+,24-,25?,26+,27+,29-,30-,31-,32+/m1/s1. The van der Waals surface area contributed by atoms with Crippen molar-refractivity contribution in [1.29, 1.82) is 0 Å². The first-order valence-electron chi connectivity index (χ1n) is 16.0. The maximum atomic E-state index is 12.1. The third-order valence-corrected chi connectivity index (χ3v) is 14.8. The summed E-state index contributed by atoms with van der Waals surface area (Å²) in [4.78, 5) is 0. The van der Waals surface area contributed by atoms with Crippen LogP contribution in [0.1, 0.15) is 86.0 Å². The van der Waals surface area contributed by atoms with E-state index in [4.69, 9.17) is 14.2 Å². The summed E-state index contributed by atoms with van der Waals surface area (Å²) in [5, 5.41) is 52.7. The van der Waals surface area contributed by atoms with Gasteiger partial charge in [-0.15, -0.1) is 0 Å². The molecular weight excluding hydrogens is 512 g/mol. The van der Waals surface area contributed by atoms with Gasteiger partial charge in [-0.25, -0.2) is 0 Å². The van der Waals surface area contributed by atoms with Gasteiger partial charge in [0.15, 0.2) is 6.29 Å². The van der Waals surface area contributed by atoms with E-state index >= 15 is 0 Å². The predicted octanol–water partition coefficient (Wildman–Crippen LogP) is 2.62. The van der Waals surface area contributed by atoms with Crippen molar-refractivity contribution >= 4 is 0 Å². The van der Waals surface area contributed by atoms with Gasteiger partial charge in [-0.05, 0) is 96.7 Å². The number of hydrogen-bond acceptors (Lipinski definition) is 8. The summed E-state index contributed by atoms with van der Waals surface area (Å²) in [5.41, 5.74) is 0.147. The highest BCUT2D eigenvalue weighted by Gasteiger charge is 2.84. The van der Waals surface area contributed by atoms with E-state index in [2.05, 4.69) is 34.6 Å². The summed E-state index contributed by atoms with van der Waals surface area (Å²) in [5.74, 6) is 1.66. The smallest absolute Gasteiger partial charge is 0.186 e. The molecule has 16 atom stereocenters. The number of ether oxygens (including phenoxy) is 3. The molecule has 0 aromatic rings. The molecule has 228 valence electrons. The van der Waals surface area contributed by atoms with Gasteiger partial charge in [0.05, 0.1) is 37.6 Å². The Kier molecular flexibility index (Phi) is 6.31. The van der Waals surface area contributed by atoms with E-state index in [-0.39, 0.29) is 58.6 Å². The van der Waals surface area contributed by atoms with Gasteiger partial charge in [-0.1, -0.05) is 34.6 Å². The summed E-state index contributed by atoms with van der Waals surface area (Å²) in [6.45, 7) is 11.7. The molecule has 8 nitrogen and oxygen atoms in total. The van der Waals surface area contributed by atoms with Crippen molar-refractivity contribution in [3.05, 3.63) is 0 Å². The van der Waals surface area contributed by atoms with Gasteiger partial charge in [-0.3, -0.25) is 0 Å². The lowest BCUT2D eigenvalue weighted by molar-refractivity contribution is -0.303. The van der Waals surface area contributed by atoms with Crippen LogP contribution in [0.4, 0.5) is 0 Å². The SMILES string of the molecule is C[C@@H]1C[C@@H](CO)OC2[C@H]1[C@@]1(C)CC[C@@]34C[C@@]35CC[C@H](O[C@@H]3OC[C@@H](O)[C@H](O)[C@H]3O)C(C)(C)[C@@H]5CCC4[C@]1(C)[C@H]2O. The largest absolute Gasteiger partial charge is 0.394 e. The van der Waals surface area contributed by atoms with Gasteiger partial charge in [0.25, 0.3) is 0 Å². The second-order valence-corrected chi connectivity index (χ2v) is 16.2. The lowest BCUT2D eigenvalue weighted by Gasteiger charge is -2.64. The van der Waals surface area contributed by atoms with Gasteiger partial charge in [0, 0.05) is 5.41 Å². The quantitative estimate of drug-likeness (QED) is 0.331. The topological polar surface area (TPSA) is 129 Å². The summed E-state index contributed by atoms with van der Waals surface area (Å²) in [7, 11) is 0. The molecular formula is C32H52O8. The molecule has 5 aliphatic carbocycles. The Labute approximate surface area is 238 Å². The number of fused-ring (bicyclic) bond motifs is 4. The molecule has 2 heterocycles. The Bertz CT molecular complexity index is 1020. The molecule has 7 rings (SSSR count). The summed E-state index contributed by atoms with van der Waals surface area (Å²) >= 11 is 0. The average molecular weight is 565 g/mol. The third-order valence-electron chi connectivity index (χ3n) is 14.8. The van der Waals surface area contributed by atoms with E-state index < -0.39 is 30.7 Å². The molecule has 0 amide bonds. The van der Waals surface area contributed by atoms with Crippen LogP contribution in [-0.4, -0.2) is 87.8 Å². The van der Waals surface area contributed by atoms with E-state index in [1.807, 2.05) is 0 Å². The van der Waals surface area contributed by atoms with Crippen LogP contribution in [0.5, 0.6) is 0 Å². The van der Waals surface area contributed by atoms with Crippen molar-refractivity contribution in [2.24, 2.45) is 50.7 Å². The first-order chi connectivity index (χ1) is 18.8. The third kappa shape index (κ3) is 3.26. The second-order valence-electron chi connectivity index (χ2n) is 16.2. The highest BCUT2D eigenvalue weighted by molar-refractivity contribution is 5.32. The minimum atomic E-state index is -1.27. The van der Waals surface area contributed by atoms with Gasteiger partial charge >= 0.3 is 0 Å². The Morgan fingerprint density at radius 2 is 1.57 bits per heavy atom. The minimum absolute atomic E-state index is 0.0130. The fraction of sp³-hybridized carbons (Fsp3) is 1.00. The van der Waals surface area contributed by atoms with E-state index in [1.54, 1.807) is 0 Å². The molecule has 2 unspecified atom stereocenters. The van der Waals surface area contributed by atoms with Crippen LogP contribution in [0.2, 0.25) is 0 Å². The molecule has 0 bridgehead atoms. The van der Waals surface area contributed by atoms with E-state index in [9.17, 15) is 25.5 Å². The van der Waals surface area contributed by atoms with Crippen molar-refractivity contribution in [3.63, 3.8) is 0 Å². The average Bonchev–Trinajstić information content (AvgIpc) is 3.55. The normalized spacial score (nSPS) is 62.0. The molecule has 2 aliphatic heterocycles. The van der Waals surface area contributed by atoms with Crippen LogP contribution in [0.25, 0.3) is 0 Å². The number of aliphatic hydroxyl groups excluding tert-OH is 5. The minimum Gasteiger partial charge on any atom is -0.394 e. The van der Waals surface area contributed by atoms with E-state index in [0.29, 0.717) is 23.7 Å². The van der Waals surface area contributed by atoms with Gasteiger partial charge in [-0.2, -0.15) is 0 Å². The molecule has 2 saturated heterocycles. The summed E-state index contributed by atoms with van der Waals surface area (Å²) in [6, 6.07) is 0. The molecule has 0 radical (unpaired) electrons. The molecule has 5 saturated carbocycles. The molecule has 7 aliphatic rings. The van der Waals surface area contributed by atoms with E-state index in [1.165, 1.54) is 12.8 Å². The van der Waals surface area contributed by atoms with Crippen LogP contribution in [0.15, 0.2) is 0 Å². The Hall–Kier alpha value is -0.320. The zero-order valence-corrected chi connectivity index (χ0v) is 25.0. The van der Waals surface area contributed by atoms with E-state index in [0.717, 1.165) is 38.5 Å². The number of hydrogen-bond donors (Lipinski definition) is 5. The summed E-state index contributed by atoms with van der Waals surface area (Å²) in [6.07, 6.45) is 2.99. The Morgan fingerprint density at radius 1 is 0.875 bits per heavy atom. The lowest BCUT2D eigenvalue weighted by atomic mass is 9.41. The van der Waals surface area contributed by atoms with Crippen LogP contribution < -0.4 is 0 Å². The zero-order chi connectivity index (χ0) is 28.6. The van der Waals surface area contributed by atoms with Crippen molar-refractivity contribution in [2.75, 3.05) is 13.2 Å². The predicted molar refractivity (Wildman–Crippen MR) is 146 cm³/mol. The maximum Gasteiger partial charge on any atom is 0.186 e. The van der Waals surface area contributed by atoms with Crippen LogP contribution in [0.3, 0.4) is 0 Å². The molecule has 40 heavy (non-hydrogen) atoms. The van der Waals surface area contributed by atoms with Gasteiger partial charge in [0.2, 0.25) is 0 Å². The summed E-state index contributed by atoms with van der Waals surface area (Å²) < 4.78 is 18.5. The second kappa shape index (κ2) is 8.87. The first kappa shape index (κ1) is 28.5. The van der Waals surface area contributed by atoms with Crippen LogP contribution in [-0.2, 0) is 14.2 Å². The fourth-order valence-electron chi connectivity index (χ4n) is 12.8. The monoisotopic (exact) mass is 564 g/mol. The maximum absolute atomic E-state index is 12.1. The number of rotatable bonds is 3. The highest BCUT2D eigenvalue weighted by Crippen LogP contribution is 2.89. The van der Waals surface area contributed by atoms with Crippen molar-refractivity contribution in [1.82, 2.24) is 0 Å². The Balaban J connectivity index is 1.16. The van der Waals surface area contributed by atoms with Crippen LogP contribution >= 0.6 is 0 Å². The molecule has 2 spiro atoms. The molecule has 5 N–H and O–H groups in total. The molecule has 8 heteroatoms. The Morgan fingerprint density at radius 3 is 2.30 bits per heavy atom. The van der Waals surface area contributed by atoms with Crippen molar-refractivity contribution in [3.8, 4) is 0 Å². The zero-order valence-electron chi connectivity index (χ0n) is 25.0. The number of aliphatic hydroxyl groups is 5. The molecule has 7 fully saturated rings. The molecule has 0 aromatic heterocycles. The molecule has 0 aromatic carbocycles. The highest BCUT2D eigenvalue weighted by atomic mass is 16.7. The first-order valence-corrected chi connectivity index (χ1v) is 16.0. The van der Waals surface area contributed by atoms with Crippen molar-refractivity contribution < 1.29 is 39.7 Å². The van der Waals surface area contributed by atoms with Crippen molar-refractivity contribution in [2.45, 2.75) is 135 Å². The van der Waals surface area contributed by atoms with Gasteiger partial charge in [0.1, 0.15) is 18.3 Å². The lowest BCUT2D eigenvalue weighted by Crippen LogP contribution is -2.61. The van der Waals surface area contributed by atoms with Gasteiger partial charge < -0.3 is 39.7 Å².